The fourth-order valence-electron chi connectivity index (χ4n) is 2.31. The molecule has 0 bridgehead atoms. The van der Waals surface area contributed by atoms with Crippen LogP contribution in [0.1, 0.15) is 24.2 Å². The lowest BCUT2D eigenvalue weighted by Crippen LogP contribution is -2.23. The molecule has 2 aromatic heterocycles. The highest BCUT2D eigenvalue weighted by Crippen LogP contribution is 2.28. The number of carbonyl (C=O) groups is 2. The molecular formula is C18H18N4O2S2. The SMILES string of the molecule is CC(=O)c1cccc(NC(=O)C(C)Sc2nnc(-c3cccs3)n2C)c1. The molecule has 2 heterocycles. The van der Waals surface area contributed by atoms with Crippen LogP contribution in [0, 0.1) is 0 Å². The van der Waals surface area contributed by atoms with Crippen molar-refractivity contribution in [3.8, 4) is 10.7 Å². The molecule has 8 heteroatoms. The maximum absolute atomic E-state index is 12.5. The normalized spacial score (nSPS) is 12.0. The maximum atomic E-state index is 12.5. The zero-order valence-electron chi connectivity index (χ0n) is 14.6. The average Bonchev–Trinajstić information content (AvgIpc) is 3.25. The van der Waals surface area contributed by atoms with Gasteiger partial charge >= 0.3 is 0 Å². The molecule has 1 unspecified atom stereocenters. The van der Waals surface area contributed by atoms with Crippen molar-refractivity contribution in [1.82, 2.24) is 14.8 Å². The van der Waals surface area contributed by atoms with E-state index in [9.17, 15) is 9.59 Å². The molecule has 1 N–H and O–H groups in total. The van der Waals surface area contributed by atoms with Gasteiger partial charge in [0.15, 0.2) is 16.8 Å². The molecule has 3 rings (SSSR count). The second-order valence-corrected chi connectivity index (χ2v) is 7.98. The Kier molecular flexibility index (Phi) is 5.53. The first-order valence-corrected chi connectivity index (χ1v) is 9.73. The second kappa shape index (κ2) is 7.84. The highest BCUT2D eigenvalue weighted by atomic mass is 32.2. The van der Waals surface area contributed by atoms with Gasteiger partial charge in [-0.1, -0.05) is 30.0 Å². The quantitative estimate of drug-likeness (QED) is 0.514. The number of thioether (sulfide) groups is 1. The van der Waals surface area contributed by atoms with Crippen LogP contribution in [0.15, 0.2) is 46.9 Å². The summed E-state index contributed by atoms with van der Waals surface area (Å²) in [4.78, 5) is 25.0. The fraction of sp³-hybridized carbons (Fsp3) is 0.222. The van der Waals surface area contributed by atoms with Gasteiger partial charge in [0.2, 0.25) is 5.91 Å². The summed E-state index contributed by atoms with van der Waals surface area (Å²) in [6.07, 6.45) is 0. The Bertz CT molecular complexity index is 935. The summed E-state index contributed by atoms with van der Waals surface area (Å²) in [5, 5.41) is 13.6. The van der Waals surface area contributed by atoms with Crippen molar-refractivity contribution in [2.75, 3.05) is 5.32 Å². The van der Waals surface area contributed by atoms with E-state index in [4.69, 9.17) is 0 Å². The van der Waals surface area contributed by atoms with Crippen LogP contribution in [0.25, 0.3) is 10.7 Å². The minimum Gasteiger partial charge on any atom is -0.325 e. The predicted molar refractivity (Wildman–Crippen MR) is 105 cm³/mol. The Balaban J connectivity index is 1.68. The third kappa shape index (κ3) is 4.03. The van der Waals surface area contributed by atoms with Crippen molar-refractivity contribution in [1.29, 1.82) is 0 Å². The van der Waals surface area contributed by atoms with E-state index in [1.165, 1.54) is 18.7 Å². The van der Waals surface area contributed by atoms with E-state index in [1.54, 1.807) is 35.6 Å². The fourth-order valence-corrected chi connectivity index (χ4v) is 3.87. The topological polar surface area (TPSA) is 76.9 Å². The van der Waals surface area contributed by atoms with Crippen LogP contribution in [0.5, 0.6) is 0 Å². The lowest BCUT2D eigenvalue weighted by Gasteiger charge is -2.12. The number of carbonyl (C=O) groups excluding carboxylic acids is 2. The number of amides is 1. The van der Waals surface area contributed by atoms with Crippen molar-refractivity contribution in [2.45, 2.75) is 24.3 Å². The van der Waals surface area contributed by atoms with Gasteiger partial charge in [-0.25, -0.2) is 0 Å². The molecule has 3 aromatic rings. The number of nitrogens with one attached hydrogen (secondary N) is 1. The van der Waals surface area contributed by atoms with Gasteiger partial charge < -0.3 is 9.88 Å². The summed E-state index contributed by atoms with van der Waals surface area (Å²) < 4.78 is 1.89. The van der Waals surface area contributed by atoms with Crippen molar-refractivity contribution in [2.24, 2.45) is 7.05 Å². The van der Waals surface area contributed by atoms with E-state index in [-0.39, 0.29) is 16.9 Å². The molecule has 6 nitrogen and oxygen atoms in total. The maximum Gasteiger partial charge on any atom is 0.237 e. The molecule has 26 heavy (non-hydrogen) atoms. The van der Waals surface area contributed by atoms with Crippen LogP contribution in [-0.4, -0.2) is 31.7 Å². The highest BCUT2D eigenvalue weighted by molar-refractivity contribution is 8.00. The molecule has 134 valence electrons. The third-order valence-corrected chi connectivity index (χ3v) is 5.76. The van der Waals surface area contributed by atoms with E-state index in [1.807, 2.05) is 36.1 Å². The standard InChI is InChI=1S/C18H18N4O2S2/c1-11(23)13-6-4-7-14(10-13)19-17(24)12(2)26-18-21-20-16(22(18)3)15-8-5-9-25-15/h4-10,12H,1-3H3,(H,19,24). The Hall–Kier alpha value is -2.45. The summed E-state index contributed by atoms with van der Waals surface area (Å²) in [6, 6.07) is 10.9. The van der Waals surface area contributed by atoms with Crippen molar-refractivity contribution in [3.63, 3.8) is 0 Å². The summed E-state index contributed by atoms with van der Waals surface area (Å²) in [6.45, 7) is 3.31. The molecule has 0 aliphatic heterocycles. The Labute approximate surface area is 159 Å². The van der Waals surface area contributed by atoms with Gasteiger partial charge in [0.25, 0.3) is 0 Å². The van der Waals surface area contributed by atoms with E-state index in [2.05, 4.69) is 15.5 Å². The van der Waals surface area contributed by atoms with Crippen LogP contribution < -0.4 is 5.32 Å². The van der Waals surface area contributed by atoms with Gasteiger partial charge in [-0.2, -0.15) is 0 Å². The summed E-state index contributed by atoms with van der Waals surface area (Å²) in [5.74, 6) is 0.587. The third-order valence-electron chi connectivity index (χ3n) is 3.76. The Morgan fingerprint density at radius 2 is 2.04 bits per heavy atom. The van der Waals surface area contributed by atoms with Crippen LogP contribution >= 0.6 is 23.1 Å². The van der Waals surface area contributed by atoms with Crippen molar-refractivity contribution < 1.29 is 9.59 Å². The van der Waals surface area contributed by atoms with Crippen LogP contribution in [0.3, 0.4) is 0 Å². The minimum absolute atomic E-state index is 0.0382. The number of benzene rings is 1. The van der Waals surface area contributed by atoms with E-state index >= 15 is 0 Å². The number of ketones is 1. The Morgan fingerprint density at radius 1 is 1.23 bits per heavy atom. The molecule has 0 saturated heterocycles. The van der Waals surface area contributed by atoms with Gasteiger partial charge in [-0.15, -0.1) is 21.5 Å². The largest absolute Gasteiger partial charge is 0.325 e. The summed E-state index contributed by atoms with van der Waals surface area (Å²) in [5.41, 5.74) is 1.17. The van der Waals surface area contributed by atoms with Gasteiger partial charge in [0, 0.05) is 18.3 Å². The first kappa shape index (κ1) is 18.3. The number of hydrogen-bond donors (Lipinski definition) is 1. The molecule has 1 amide bonds. The Morgan fingerprint density at radius 3 is 2.73 bits per heavy atom. The first-order chi connectivity index (χ1) is 12.5. The average molecular weight is 387 g/mol. The molecular weight excluding hydrogens is 368 g/mol. The van der Waals surface area contributed by atoms with Crippen LogP contribution in [0.2, 0.25) is 0 Å². The molecule has 0 aliphatic rings. The zero-order chi connectivity index (χ0) is 18.7. The number of Topliss-reactive ketones (excluding diaryl/α,β-unsaturated/α-hetero) is 1. The first-order valence-electron chi connectivity index (χ1n) is 7.97. The van der Waals surface area contributed by atoms with E-state index in [0.29, 0.717) is 16.4 Å². The zero-order valence-corrected chi connectivity index (χ0v) is 16.2. The molecule has 0 saturated carbocycles. The van der Waals surface area contributed by atoms with Gasteiger partial charge in [0.05, 0.1) is 10.1 Å². The van der Waals surface area contributed by atoms with Crippen molar-refractivity contribution >= 4 is 40.5 Å². The summed E-state index contributed by atoms with van der Waals surface area (Å²) >= 11 is 2.94. The highest BCUT2D eigenvalue weighted by Gasteiger charge is 2.20. The monoisotopic (exact) mass is 386 g/mol. The number of rotatable bonds is 6. The van der Waals surface area contributed by atoms with E-state index < -0.39 is 0 Å². The van der Waals surface area contributed by atoms with Gasteiger partial charge in [0.1, 0.15) is 0 Å². The van der Waals surface area contributed by atoms with Crippen molar-refractivity contribution in [3.05, 3.63) is 47.3 Å². The lowest BCUT2D eigenvalue weighted by molar-refractivity contribution is -0.115. The number of anilines is 1. The van der Waals surface area contributed by atoms with Crippen LogP contribution in [-0.2, 0) is 11.8 Å². The molecule has 0 radical (unpaired) electrons. The molecule has 0 aliphatic carbocycles. The number of aromatic nitrogens is 3. The number of thiophene rings is 1. The predicted octanol–water partition coefficient (Wildman–Crippen LogP) is 3.87. The molecule has 1 atom stereocenters. The number of hydrogen-bond acceptors (Lipinski definition) is 6. The van der Waals surface area contributed by atoms with E-state index in [0.717, 1.165) is 10.7 Å². The molecule has 0 spiro atoms. The number of nitrogens with zero attached hydrogens (tertiary/aromatic N) is 3. The van der Waals surface area contributed by atoms with Crippen LogP contribution in [0.4, 0.5) is 5.69 Å². The molecule has 1 aromatic carbocycles. The molecule has 0 fully saturated rings. The smallest absolute Gasteiger partial charge is 0.237 e. The lowest BCUT2D eigenvalue weighted by atomic mass is 10.1. The second-order valence-electron chi connectivity index (χ2n) is 5.73. The van der Waals surface area contributed by atoms with Gasteiger partial charge in [-0.05, 0) is 37.4 Å². The van der Waals surface area contributed by atoms with Gasteiger partial charge in [-0.3, -0.25) is 9.59 Å². The summed E-state index contributed by atoms with van der Waals surface area (Å²) in [7, 11) is 1.89. The minimum atomic E-state index is -0.366.